The fourth-order valence-electron chi connectivity index (χ4n) is 4.68. The first-order valence-corrected chi connectivity index (χ1v) is 16.6. The van der Waals surface area contributed by atoms with Crippen molar-refractivity contribution in [2.75, 3.05) is 17.4 Å². The average Bonchev–Trinajstić information content (AvgIpc) is 3.04. The van der Waals surface area contributed by atoms with E-state index in [9.17, 15) is 18.0 Å². The molecule has 0 aromatic heterocycles. The van der Waals surface area contributed by atoms with Crippen LogP contribution in [0.4, 0.5) is 5.69 Å². The van der Waals surface area contributed by atoms with E-state index in [1.54, 1.807) is 43.3 Å². The van der Waals surface area contributed by atoms with Crippen LogP contribution in [0.25, 0.3) is 0 Å². The van der Waals surface area contributed by atoms with Crippen molar-refractivity contribution in [1.29, 1.82) is 0 Å². The van der Waals surface area contributed by atoms with Gasteiger partial charge in [-0.25, -0.2) is 8.42 Å². The Morgan fingerprint density at radius 3 is 1.98 bits per heavy atom. The van der Waals surface area contributed by atoms with E-state index in [-0.39, 0.29) is 17.3 Å². The zero-order chi connectivity index (χ0) is 32.4. The van der Waals surface area contributed by atoms with Gasteiger partial charge in [0, 0.05) is 13.1 Å². The molecule has 0 fully saturated rings. The number of benzene rings is 4. The van der Waals surface area contributed by atoms with Gasteiger partial charge in [0.2, 0.25) is 11.8 Å². The van der Waals surface area contributed by atoms with Crippen LogP contribution in [0.15, 0.2) is 108 Å². The molecule has 0 bridgehead atoms. The maximum Gasteiger partial charge on any atom is 0.264 e. The largest absolute Gasteiger partial charge is 0.457 e. The molecule has 1 atom stereocenters. The molecular weight excluding hydrogens is 586 g/mol. The van der Waals surface area contributed by atoms with Gasteiger partial charge in [-0.15, -0.1) is 0 Å². The van der Waals surface area contributed by atoms with E-state index in [4.69, 9.17) is 4.74 Å². The van der Waals surface area contributed by atoms with Crippen LogP contribution in [-0.2, 0) is 26.2 Å². The third-order valence-electron chi connectivity index (χ3n) is 7.46. The van der Waals surface area contributed by atoms with Gasteiger partial charge in [0.25, 0.3) is 10.0 Å². The van der Waals surface area contributed by atoms with Crippen molar-refractivity contribution < 1.29 is 22.7 Å². The van der Waals surface area contributed by atoms with Crippen LogP contribution < -0.4 is 14.4 Å². The second-order valence-electron chi connectivity index (χ2n) is 11.1. The molecule has 0 radical (unpaired) electrons. The van der Waals surface area contributed by atoms with E-state index in [1.807, 2.05) is 75.4 Å². The zero-order valence-corrected chi connectivity index (χ0v) is 27.1. The molecule has 0 aliphatic heterocycles. The molecule has 0 aliphatic rings. The van der Waals surface area contributed by atoms with Crippen LogP contribution in [0, 0.1) is 13.8 Å². The van der Waals surface area contributed by atoms with Gasteiger partial charge in [0.05, 0.1) is 10.6 Å². The number of hydrogen-bond acceptors (Lipinski definition) is 5. The highest BCUT2D eigenvalue weighted by Crippen LogP contribution is 2.29. The van der Waals surface area contributed by atoms with E-state index in [1.165, 1.54) is 17.0 Å². The zero-order valence-electron chi connectivity index (χ0n) is 26.3. The molecular formula is C36H41N3O5S. The number of rotatable bonds is 14. The van der Waals surface area contributed by atoms with Crippen molar-refractivity contribution in [3.8, 4) is 11.5 Å². The summed E-state index contributed by atoms with van der Waals surface area (Å²) in [6, 6.07) is 29.2. The molecule has 0 spiro atoms. The molecule has 0 saturated heterocycles. The van der Waals surface area contributed by atoms with Crippen LogP contribution in [0.5, 0.6) is 11.5 Å². The van der Waals surface area contributed by atoms with Gasteiger partial charge in [-0.3, -0.25) is 13.9 Å². The predicted octanol–water partition coefficient (Wildman–Crippen LogP) is 6.62. The number of carbonyl (C=O) groups excluding carboxylic acids is 2. The molecule has 2 amide bonds. The molecule has 1 unspecified atom stereocenters. The Morgan fingerprint density at radius 1 is 0.800 bits per heavy atom. The molecule has 1 N–H and O–H groups in total. The first-order chi connectivity index (χ1) is 21.6. The quantitative estimate of drug-likeness (QED) is 0.159. The molecule has 4 aromatic carbocycles. The number of unbranched alkanes of at least 4 members (excludes halogenated alkanes) is 1. The smallest absolute Gasteiger partial charge is 0.264 e. The Balaban J connectivity index is 1.68. The summed E-state index contributed by atoms with van der Waals surface area (Å²) in [7, 11) is -4.17. The highest BCUT2D eigenvalue weighted by molar-refractivity contribution is 7.92. The van der Waals surface area contributed by atoms with Crippen molar-refractivity contribution in [3.05, 3.63) is 120 Å². The molecule has 0 heterocycles. The number of nitrogens with one attached hydrogen (secondary N) is 1. The molecule has 4 rings (SSSR count). The summed E-state index contributed by atoms with van der Waals surface area (Å²) in [5, 5.41) is 2.91. The van der Waals surface area contributed by atoms with Crippen molar-refractivity contribution in [1.82, 2.24) is 10.2 Å². The Bertz CT molecular complexity index is 1660. The summed E-state index contributed by atoms with van der Waals surface area (Å²) in [6.45, 7) is 7.68. The topological polar surface area (TPSA) is 96.0 Å². The number of amides is 2. The summed E-state index contributed by atoms with van der Waals surface area (Å²) in [5.74, 6) is 0.359. The summed E-state index contributed by atoms with van der Waals surface area (Å²) in [4.78, 5) is 28.8. The summed E-state index contributed by atoms with van der Waals surface area (Å²) >= 11 is 0. The highest BCUT2D eigenvalue weighted by atomic mass is 32.2. The first kappa shape index (κ1) is 33.3. The normalized spacial score (nSPS) is 11.8. The lowest BCUT2D eigenvalue weighted by Gasteiger charge is -2.32. The molecule has 9 heteroatoms. The molecule has 236 valence electrons. The minimum absolute atomic E-state index is 0.0564. The summed E-state index contributed by atoms with van der Waals surface area (Å²) in [5.41, 5.74) is 3.10. The molecule has 4 aromatic rings. The maximum absolute atomic E-state index is 14.1. The number of ether oxygens (including phenoxy) is 1. The Hall–Kier alpha value is -4.63. The Morgan fingerprint density at radius 2 is 1.38 bits per heavy atom. The second-order valence-corrected chi connectivity index (χ2v) is 12.9. The minimum atomic E-state index is -4.17. The van der Waals surface area contributed by atoms with E-state index in [2.05, 4.69) is 5.32 Å². The second kappa shape index (κ2) is 15.4. The highest BCUT2D eigenvalue weighted by Gasteiger charge is 2.32. The van der Waals surface area contributed by atoms with Gasteiger partial charge in [0.15, 0.2) is 0 Å². The third-order valence-corrected chi connectivity index (χ3v) is 9.25. The first-order valence-electron chi connectivity index (χ1n) is 15.1. The number of carbonyl (C=O) groups is 2. The summed E-state index contributed by atoms with van der Waals surface area (Å²) in [6.07, 6.45) is 1.73. The van der Waals surface area contributed by atoms with Crippen LogP contribution in [0.3, 0.4) is 0 Å². The lowest BCUT2D eigenvalue weighted by molar-refractivity contribution is -0.139. The number of anilines is 1. The van der Waals surface area contributed by atoms with Crippen molar-refractivity contribution in [2.45, 2.75) is 58.0 Å². The molecule has 0 saturated carbocycles. The average molecular weight is 628 g/mol. The standard InChI is InChI=1S/C36H41N3O5S/c1-5-6-24-37-36(41)29(4)38(25-30-16-12-27(2)13-17-30)35(40)26-39(45(42,43)34-22-14-28(3)15-23-34)31-18-20-33(21-19-31)44-32-10-8-7-9-11-32/h7-23,29H,5-6,24-26H2,1-4H3,(H,37,41). The predicted molar refractivity (Wildman–Crippen MR) is 178 cm³/mol. The Labute approximate surface area is 266 Å². The van der Waals surface area contributed by atoms with Crippen molar-refractivity contribution in [2.24, 2.45) is 0 Å². The number of hydrogen-bond donors (Lipinski definition) is 1. The fourth-order valence-corrected chi connectivity index (χ4v) is 6.09. The monoisotopic (exact) mass is 627 g/mol. The SMILES string of the molecule is CCCCNC(=O)C(C)N(Cc1ccc(C)cc1)C(=O)CN(c1ccc(Oc2ccccc2)cc1)S(=O)(=O)c1ccc(C)cc1. The van der Waals surface area contributed by atoms with Gasteiger partial charge in [-0.1, -0.05) is 79.1 Å². The van der Waals surface area contributed by atoms with E-state index in [0.29, 0.717) is 23.7 Å². The lowest BCUT2D eigenvalue weighted by atomic mass is 10.1. The fraction of sp³-hybridized carbons (Fsp3) is 0.278. The number of para-hydroxylation sites is 1. The molecule has 8 nitrogen and oxygen atoms in total. The van der Waals surface area contributed by atoms with E-state index in [0.717, 1.165) is 33.8 Å². The van der Waals surface area contributed by atoms with Gasteiger partial charge >= 0.3 is 0 Å². The van der Waals surface area contributed by atoms with Gasteiger partial charge in [-0.2, -0.15) is 0 Å². The number of sulfonamides is 1. The minimum Gasteiger partial charge on any atom is -0.457 e. The molecule has 45 heavy (non-hydrogen) atoms. The lowest BCUT2D eigenvalue weighted by Crippen LogP contribution is -2.51. The van der Waals surface area contributed by atoms with Crippen LogP contribution in [0.1, 0.15) is 43.4 Å². The van der Waals surface area contributed by atoms with Gasteiger partial charge < -0.3 is 15.0 Å². The van der Waals surface area contributed by atoms with E-state index >= 15 is 0 Å². The van der Waals surface area contributed by atoms with Gasteiger partial charge in [-0.05, 0) is 81.3 Å². The number of nitrogens with zero attached hydrogens (tertiary/aromatic N) is 2. The Kier molecular flexibility index (Phi) is 11.4. The van der Waals surface area contributed by atoms with Crippen LogP contribution in [-0.4, -0.2) is 44.3 Å². The van der Waals surface area contributed by atoms with E-state index < -0.39 is 28.5 Å². The summed E-state index contributed by atoms with van der Waals surface area (Å²) < 4.78 is 35.2. The molecule has 0 aliphatic carbocycles. The maximum atomic E-state index is 14.1. The number of aryl methyl sites for hydroxylation is 2. The van der Waals surface area contributed by atoms with Crippen molar-refractivity contribution in [3.63, 3.8) is 0 Å². The third kappa shape index (κ3) is 8.95. The van der Waals surface area contributed by atoms with Crippen LogP contribution in [0.2, 0.25) is 0 Å². The van der Waals surface area contributed by atoms with Crippen LogP contribution >= 0.6 is 0 Å². The van der Waals surface area contributed by atoms with Crippen molar-refractivity contribution >= 4 is 27.5 Å². The van der Waals surface area contributed by atoms with Gasteiger partial charge in [0.1, 0.15) is 24.1 Å².